The van der Waals surface area contributed by atoms with E-state index >= 15 is 0 Å². The van der Waals surface area contributed by atoms with E-state index in [1.165, 1.54) is 23.5 Å². The summed E-state index contributed by atoms with van der Waals surface area (Å²) in [4.78, 5) is 7.57. The number of morpholine rings is 1. The number of ether oxygens (including phenoxy) is 1. The topological polar surface area (TPSA) is 48.9 Å². The summed E-state index contributed by atoms with van der Waals surface area (Å²) in [7, 11) is 0. The van der Waals surface area contributed by atoms with Crippen LogP contribution in [-0.4, -0.2) is 73.8 Å². The van der Waals surface area contributed by atoms with Crippen molar-refractivity contribution in [3.05, 3.63) is 34.9 Å². The van der Waals surface area contributed by atoms with Gasteiger partial charge in [0, 0.05) is 37.0 Å². The lowest BCUT2D eigenvalue weighted by Gasteiger charge is -2.42. The molecule has 8 heteroatoms. The smallest absolute Gasteiger partial charge is 0.191 e. The Morgan fingerprint density at radius 3 is 2.64 bits per heavy atom. The molecule has 5 nitrogen and oxygen atoms in total. The summed E-state index contributed by atoms with van der Waals surface area (Å²) in [6, 6.07) is 8.05. The van der Waals surface area contributed by atoms with Gasteiger partial charge in [0.25, 0.3) is 0 Å². The predicted octanol–water partition coefficient (Wildman–Crippen LogP) is 3.26. The van der Waals surface area contributed by atoms with E-state index in [1.54, 1.807) is 0 Å². The van der Waals surface area contributed by atoms with Crippen molar-refractivity contribution in [3.8, 4) is 0 Å². The standard InChI is InChI=1S/C20H31ClN4OS.HI/c1-2-22-19(23-9-7-17-3-5-18(21)6-4-17)24-15-20(8-14-27-16-20)25-10-12-26-13-11-25;/h3-6H,2,7-16H2,1H3,(H2,22,23,24);1H. The van der Waals surface area contributed by atoms with Crippen LogP contribution < -0.4 is 10.6 Å². The van der Waals surface area contributed by atoms with Crippen LogP contribution in [0.2, 0.25) is 5.02 Å². The highest BCUT2D eigenvalue weighted by Crippen LogP contribution is 2.34. The molecule has 0 aromatic heterocycles. The third kappa shape index (κ3) is 6.93. The Labute approximate surface area is 195 Å². The molecule has 2 saturated heterocycles. The zero-order valence-corrected chi connectivity index (χ0v) is 20.5. The number of rotatable bonds is 7. The van der Waals surface area contributed by atoms with Gasteiger partial charge in [-0.2, -0.15) is 11.8 Å². The second kappa shape index (κ2) is 12.5. The van der Waals surface area contributed by atoms with Crippen LogP contribution >= 0.6 is 47.3 Å². The average molecular weight is 539 g/mol. The molecule has 0 amide bonds. The van der Waals surface area contributed by atoms with E-state index in [2.05, 4.69) is 46.4 Å². The molecule has 1 aromatic rings. The van der Waals surface area contributed by atoms with E-state index < -0.39 is 0 Å². The van der Waals surface area contributed by atoms with Gasteiger partial charge in [-0.1, -0.05) is 23.7 Å². The molecule has 1 aromatic carbocycles. The Morgan fingerprint density at radius 1 is 1.25 bits per heavy atom. The second-order valence-electron chi connectivity index (χ2n) is 7.12. The lowest BCUT2D eigenvalue weighted by molar-refractivity contribution is -0.0104. The molecule has 1 unspecified atom stereocenters. The number of thioether (sulfide) groups is 1. The largest absolute Gasteiger partial charge is 0.379 e. The van der Waals surface area contributed by atoms with E-state index in [0.717, 1.165) is 63.3 Å². The first-order valence-electron chi connectivity index (χ1n) is 9.89. The van der Waals surface area contributed by atoms with Gasteiger partial charge in [-0.15, -0.1) is 24.0 Å². The molecule has 2 heterocycles. The van der Waals surface area contributed by atoms with Gasteiger partial charge in [-0.05, 0) is 43.2 Å². The Kier molecular flexibility index (Phi) is 10.7. The van der Waals surface area contributed by atoms with Gasteiger partial charge >= 0.3 is 0 Å². The van der Waals surface area contributed by atoms with Gasteiger partial charge in [-0.3, -0.25) is 9.89 Å². The number of benzene rings is 1. The molecular formula is C20H32ClIN4OS. The van der Waals surface area contributed by atoms with Crippen LogP contribution in [0.4, 0.5) is 0 Å². The summed E-state index contributed by atoms with van der Waals surface area (Å²) in [5, 5.41) is 7.66. The fourth-order valence-corrected chi connectivity index (χ4v) is 5.25. The van der Waals surface area contributed by atoms with Gasteiger partial charge < -0.3 is 15.4 Å². The summed E-state index contributed by atoms with van der Waals surface area (Å²) >= 11 is 8.01. The normalized spacial score (nSPS) is 23.3. The molecule has 2 N–H and O–H groups in total. The molecule has 158 valence electrons. The maximum absolute atomic E-state index is 5.96. The van der Waals surface area contributed by atoms with Crippen LogP contribution in [0.25, 0.3) is 0 Å². The SMILES string of the molecule is CCNC(=NCC1(N2CCOCC2)CCSC1)NCCc1ccc(Cl)cc1.I. The molecule has 0 radical (unpaired) electrons. The van der Waals surface area contributed by atoms with Gasteiger partial charge in [0.05, 0.1) is 25.3 Å². The maximum Gasteiger partial charge on any atom is 0.191 e. The minimum absolute atomic E-state index is 0. The van der Waals surface area contributed by atoms with Crippen LogP contribution in [-0.2, 0) is 11.2 Å². The molecule has 0 aliphatic carbocycles. The van der Waals surface area contributed by atoms with Crippen molar-refractivity contribution in [1.82, 2.24) is 15.5 Å². The minimum atomic E-state index is 0. The van der Waals surface area contributed by atoms with E-state index in [-0.39, 0.29) is 29.5 Å². The number of nitrogens with zero attached hydrogens (tertiary/aromatic N) is 2. The van der Waals surface area contributed by atoms with Crippen LogP contribution in [0.3, 0.4) is 0 Å². The van der Waals surface area contributed by atoms with Gasteiger partial charge in [0.15, 0.2) is 5.96 Å². The molecule has 0 saturated carbocycles. The molecule has 2 aliphatic heterocycles. The highest BCUT2D eigenvalue weighted by atomic mass is 127. The van der Waals surface area contributed by atoms with Crippen molar-refractivity contribution in [3.63, 3.8) is 0 Å². The first-order valence-corrected chi connectivity index (χ1v) is 11.4. The zero-order valence-electron chi connectivity index (χ0n) is 16.6. The summed E-state index contributed by atoms with van der Waals surface area (Å²) in [6.07, 6.45) is 2.16. The number of halogens is 2. The Morgan fingerprint density at radius 2 is 2.00 bits per heavy atom. The quantitative estimate of drug-likeness (QED) is 0.317. The Bertz CT molecular complexity index is 605. The molecule has 0 spiro atoms. The predicted molar refractivity (Wildman–Crippen MR) is 132 cm³/mol. The van der Waals surface area contributed by atoms with Gasteiger partial charge in [0.2, 0.25) is 0 Å². The highest BCUT2D eigenvalue weighted by molar-refractivity contribution is 14.0. The molecule has 28 heavy (non-hydrogen) atoms. The molecule has 1 atom stereocenters. The third-order valence-corrected chi connectivity index (χ3v) is 6.75. The lowest BCUT2D eigenvalue weighted by atomic mass is 9.96. The van der Waals surface area contributed by atoms with Crippen LogP contribution in [0.15, 0.2) is 29.3 Å². The highest BCUT2D eigenvalue weighted by Gasteiger charge is 2.40. The van der Waals surface area contributed by atoms with Crippen molar-refractivity contribution in [2.24, 2.45) is 4.99 Å². The van der Waals surface area contributed by atoms with E-state index in [0.29, 0.717) is 0 Å². The van der Waals surface area contributed by atoms with Gasteiger partial charge in [-0.25, -0.2) is 0 Å². The lowest BCUT2D eigenvalue weighted by Crippen LogP contribution is -2.56. The minimum Gasteiger partial charge on any atom is -0.379 e. The van der Waals surface area contributed by atoms with E-state index in [4.69, 9.17) is 21.3 Å². The molecule has 0 bridgehead atoms. The van der Waals surface area contributed by atoms with Crippen LogP contribution in [0.1, 0.15) is 18.9 Å². The van der Waals surface area contributed by atoms with Crippen LogP contribution in [0.5, 0.6) is 0 Å². The van der Waals surface area contributed by atoms with Crippen molar-refractivity contribution >= 4 is 53.3 Å². The average Bonchev–Trinajstić information content (AvgIpc) is 3.18. The summed E-state index contributed by atoms with van der Waals surface area (Å²) < 4.78 is 5.55. The fourth-order valence-electron chi connectivity index (χ4n) is 3.65. The maximum atomic E-state index is 5.96. The number of hydrogen-bond acceptors (Lipinski definition) is 4. The molecule has 3 rings (SSSR count). The summed E-state index contributed by atoms with van der Waals surface area (Å²) in [5.74, 6) is 3.31. The first-order chi connectivity index (χ1) is 13.2. The number of nitrogens with one attached hydrogen (secondary N) is 2. The number of guanidine groups is 1. The van der Waals surface area contributed by atoms with E-state index in [9.17, 15) is 0 Å². The number of aliphatic imine (C=N–C) groups is 1. The second-order valence-corrected chi connectivity index (χ2v) is 8.67. The number of hydrogen-bond donors (Lipinski definition) is 2. The monoisotopic (exact) mass is 538 g/mol. The Balaban J connectivity index is 0.00000280. The van der Waals surface area contributed by atoms with Crippen molar-refractivity contribution in [2.45, 2.75) is 25.3 Å². The summed E-state index contributed by atoms with van der Waals surface area (Å²) in [6.45, 7) is 8.41. The van der Waals surface area contributed by atoms with Crippen molar-refractivity contribution in [2.75, 3.05) is 57.4 Å². The zero-order chi connectivity index (χ0) is 19.0. The van der Waals surface area contributed by atoms with E-state index in [1.807, 2.05) is 12.1 Å². The molecule has 2 aliphatic rings. The third-order valence-electron chi connectivity index (χ3n) is 5.26. The molecule has 2 fully saturated rings. The van der Waals surface area contributed by atoms with Crippen molar-refractivity contribution in [1.29, 1.82) is 0 Å². The summed E-state index contributed by atoms with van der Waals surface area (Å²) in [5.41, 5.74) is 1.47. The fraction of sp³-hybridized carbons (Fsp3) is 0.650. The van der Waals surface area contributed by atoms with Crippen LogP contribution in [0, 0.1) is 0 Å². The van der Waals surface area contributed by atoms with Gasteiger partial charge in [0.1, 0.15) is 0 Å². The first kappa shape index (κ1) is 24.1. The van der Waals surface area contributed by atoms with Crippen molar-refractivity contribution < 1.29 is 4.74 Å². The molecular weight excluding hydrogens is 507 g/mol. The Hall–Kier alpha value is -0.220.